The summed E-state index contributed by atoms with van der Waals surface area (Å²) in [6, 6.07) is 24.3. The zero-order valence-corrected chi connectivity index (χ0v) is 21.3. The highest BCUT2D eigenvalue weighted by atomic mass is 32.2. The Kier molecular flexibility index (Phi) is 6.82. The summed E-state index contributed by atoms with van der Waals surface area (Å²) in [5.41, 5.74) is 5.68. The molecule has 2 heterocycles. The van der Waals surface area contributed by atoms with Gasteiger partial charge in [0, 0.05) is 31.1 Å². The highest BCUT2D eigenvalue weighted by Gasteiger charge is 2.50. The molecule has 0 radical (unpaired) electrons. The molecule has 5 nitrogen and oxygen atoms in total. The highest BCUT2D eigenvalue weighted by Crippen LogP contribution is 2.43. The van der Waals surface area contributed by atoms with E-state index in [0.717, 1.165) is 36.1 Å². The van der Waals surface area contributed by atoms with Crippen molar-refractivity contribution in [2.24, 2.45) is 0 Å². The molecule has 0 unspecified atom stereocenters. The van der Waals surface area contributed by atoms with Crippen LogP contribution in [-0.2, 0) is 10.0 Å². The number of hydrogen-bond acceptors (Lipinski definition) is 4. The first-order valence-electron chi connectivity index (χ1n) is 12.5. The van der Waals surface area contributed by atoms with Crippen LogP contribution in [0.15, 0.2) is 77.7 Å². The summed E-state index contributed by atoms with van der Waals surface area (Å²) in [6.45, 7) is 5.95. The molecule has 1 N–H and O–H groups in total. The van der Waals surface area contributed by atoms with E-state index in [1.165, 1.54) is 11.1 Å². The van der Waals surface area contributed by atoms with Crippen molar-refractivity contribution in [2.45, 2.75) is 49.6 Å². The van der Waals surface area contributed by atoms with Gasteiger partial charge in [0.15, 0.2) is 0 Å². The lowest BCUT2D eigenvalue weighted by Crippen LogP contribution is -2.67. The Labute approximate surface area is 209 Å². The van der Waals surface area contributed by atoms with Gasteiger partial charge in [-0.15, -0.1) is 0 Å². The minimum absolute atomic E-state index is 0.0202. The van der Waals surface area contributed by atoms with E-state index in [4.69, 9.17) is 0 Å². The number of aliphatic hydroxyl groups is 1. The molecule has 0 bridgehead atoms. The SMILES string of the molecule is Cc1ccc(-c2ccc([C@H]3[C@@H](CO)N4CCCCN(S(=O)(=O)c5cccc(C)c5)C[C@H]34)cc2)cc1. The molecule has 0 aliphatic carbocycles. The summed E-state index contributed by atoms with van der Waals surface area (Å²) < 4.78 is 28.8. The largest absolute Gasteiger partial charge is 0.395 e. The summed E-state index contributed by atoms with van der Waals surface area (Å²) in [6.07, 6.45) is 1.74. The van der Waals surface area contributed by atoms with Gasteiger partial charge in [-0.05, 0) is 67.6 Å². The highest BCUT2D eigenvalue weighted by molar-refractivity contribution is 7.89. The average Bonchev–Trinajstić information content (AvgIpc) is 2.84. The second-order valence-electron chi connectivity index (χ2n) is 9.96. The fourth-order valence-corrected chi connectivity index (χ4v) is 7.30. The Morgan fingerprint density at radius 3 is 2.17 bits per heavy atom. The molecule has 5 rings (SSSR count). The summed E-state index contributed by atoms with van der Waals surface area (Å²) in [7, 11) is -3.58. The number of aliphatic hydroxyl groups excluding tert-OH is 1. The quantitative estimate of drug-likeness (QED) is 0.569. The third kappa shape index (κ3) is 4.68. The van der Waals surface area contributed by atoms with Crippen LogP contribution >= 0.6 is 0 Å². The van der Waals surface area contributed by atoms with Crippen LogP contribution < -0.4 is 0 Å². The molecule has 0 aromatic heterocycles. The maximum atomic E-state index is 13.6. The van der Waals surface area contributed by atoms with Crippen LogP contribution in [0.3, 0.4) is 0 Å². The number of benzene rings is 3. The van der Waals surface area contributed by atoms with Gasteiger partial charge < -0.3 is 5.11 Å². The van der Waals surface area contributed by atoms with Gasteiger partial charge in [0.25, 0.3) is 0 Å². The zero-order valence-electron chi connectivity index (χ0n) is 20.5. The van der Waals surface area contributed by atoms with Crippen molar-refractivity contribution in [1.29, 1.82) is 0 Å². The van der Waals surface area contributed by atoms with Gasteiger partial charge in [-0.25, -0.2) is 8.42 Å². The van der Waals surface area contributed by atoms with Crippen molar-refractivity contribution in [3.63, 3.8) is 0 Å². The minimum atomic E-state index is -3.58. The molecule has 0 spiro atoms. The number of fused-ring (bicyclic) bond motifs is 1. The second kappa shape index (κ2) is 9.86. The minimum Gasteiger partial charge on any atom is -0.395 e. The van der Waals surface area contributed by atoms with E-state index in [0.29, 0.717) is 18.0 Å². The normalized spacial score (nSPS) is 23.7. The number of aryl methyl sites for hydroxylation is 2. The molecule has 2 aliphatic rings. The molecule has 35 heavy (non-hydrogen) atoms. The van der Waals surface area contributed by atoms with E-state index in [-0.39, 0.29) is 24.6 Å². The van der Waals surface area contributed by atoms with Gasteiger partial charge in [0.2, 0.25) is 10.0 Å². The fraction of sp³-hybridized carbons (Fsp3) is 0.379. The fourth-order valence-electron chi connectivity index (χ4n) is 5.70. The Balaban J connectivity index is 1.42. The van der Waals surface area contributed by atoms with Gasteiger partial charge in [-0.1, -0.05) is 66.2 Å². The van der Waals surface area contributed by atoms with Crippen LogP contribution in [0.4, 0.5) is 0 Å². The van der Waals surface area contributed by atoms with Crippen molar-refractivity contribution in [3.05, 3.63) is 89.5 Å². The third-order valence-corrected chi connectivity index (χ3v) is 9.50. The van der Waals surface area contributed by atoms with E-state index in [1.54, 1.807) is 16.4 Å². The zero-order chi connectivity index (χ0) is 24.6. The van der Waals surface area contributed by atoms with E-state index in [1.807, 2.05) is 19.1 Å². The monoisotopic (exact) mass is 490 g/mol. The Hall–Kier alpha value is -2.51. The predicted molar refractivity (Wildman–Crippen MR) is 140 cm³/mol. The maximum Gasteiger partial charge on any atom is 0.243 e. The van der Waals surface area contributed by atoms with Crippen molar-refractivity contribution in [2.75, 3.05) is 26.2 Å². The maximum absolute atomic E-state index is 13.6. The van der Waals surface area contributed by atoms with Crippen molar-refractivity contribution in [1.82, 2.24) is 9.21 Å². The van der Waals surface area contributed by atoms with Crippen molar-refractivity contribution in [3.8, 4) is 11.1 Å². The van der Waals surface area contributed by atoms with E-state index in [2.05, 4.69) is 60.4 Å². The van der Waals surface area contributed by atoms with Gasteiger partial charge in [-0.2, -0.15) is 4.31 Å². The summed E-state index contributed by atoms with van der Waals surface area (Å²) in [4.78, 5) is 2.68. The van der Waals surface area contributed by atoms with Crippen LogP contribution in [0, 0.1) is 13.8 Å². The van der Waals surface area contributed by atoms with E-state index < -0.39 is 10.0 Å². The van der Waals surface area contributed by atoms with E-state index in [9.17, 15) is 13.5 Å². The Morgan fingerprint density at radius 1 is 0.857 bits per heavy atom. The first-order chi connectivity index (χ1) is 16.9. The van der Waals surface area contributed by atoms with Gasteiger partial charge >= 0.3 is 0 Å². The molecule has 0 saturated carbocycles. The number of rotatable bonds is 5. The lowest BCUT2D eigenvalue weighted by Gasteiger charge is -2.57. The van der Waals surface area contributed by atoms with E-state index >= 15 is 0 Å². The molecule has 3 atom stereocenters. The predicted octanol–water partition coefficient (Wildman–Crippen LogP) is 4.58. The van der Waals surface area contributed by atoms with Gasteiger partial charge in [-0.3, -0.25) is 4.90 Å². The van der Waals surface area contributed by atoms with Crippen LogP contribution in [0.25, 0.3) is 11.1 Å². The molecule has 0 amide bonds. The number of sulfonamides is 1. The Morgan fingerprint density at radius 2 is 1.51 bits per heavy atom. The summed E-state index contributed by atoms with van der Waals surface area (Å²) in [5, 5.41) is 10.2. The van der Waals surface area contributed by atoms with Crippen LogP contribution in [0.1, 0.15) is 35.4 Å². The number of nitrogens with zero attached hydrogens (tertiary/aromatic N) is 2. The van der Waals surface area contributed by atoms with Gasteiger partial charge in [0.1, 0.15) is 0 Å². The number of hydrogen-bond donors (Lipinski definition) is 1. The molecule has 6 heteroatoms. The molecule has 3 aromatic carbocycles. The van der Waals surface area contributed by atoms with Crippen LogP contribution in [-0.4, -0.2) is 61.1 Å². The molecule has 2 saturated heterocycles. The average molecular weight is 491 g/mol. The molecule has 3 aromatic rings. The first-order valence-corrected chi connectivity index (χ1v) is 13.9. The molecule has 184 valence electrons. The van der Waals surface area contributed by atoms with Crippen molar-refractivity contribution >= 4 is 10.0 Å². The van der Waals surface area contributed by atoms with Crippen LogP contribution in [0.2, 0.25) is 0 Å². The van der Waals surface area contributed by atoms with Gasteiger partial charge in [0.05, 0.1) is 11.5 Å². The smallest absolute Gasteiger partial charge is 0.243 e. The first kappa shape index (κ1) is 24.2. The standard InChI is InChI=1S/C29H34N2O3S/c1-21-8-10-23(11-9-21)24-12-14-25(15-13-24)29-27-19-30(16-3-4-17-31(27)28(29)20-32)35(33,34)26-7-5-6-22(2)18-26/h5-15,18,27-29,32H,3-4,16-17,19-20H2,1-2H3/t27-,28-,29-/m1/s1. The lowest BCUT2D eigenvalue weighted by molar-refractivity contribution is -0.0553. The topological polar surface area (TPSA) is 60.9 Å². The lowest BCUT2D eigenvalue weighted by atomic mass is 9.74. The third-order valence-electron chi connectivity index (χ3n) is 7.64. The molecular weight excluding hydrogens is 456 g/mol. The second-order valence-corrected chi connectivity index (χ2v) is 11.9. The summed E-state index contributed by atoms with van der Waals surface area (Å²) in [5.74, 6) is 0.0976. The molecule has 2 aliphatic heterocycles. The van der Waals surface area contributed by atoms with Crippen LogP contribution in [0.5, 0.6) is 0 Å². The van der Waals surface area contributed by atoms with Crippen molar-refractivity contribution < 1.29 is 13.5 Å². The molecule has 2 fully saturated rings. The Bertz CT molecular complexity index is 1270. The molecular formula is C29H34N2O3S. The summed E-state index contributed by atoms with van der Waals surface area (Å²) >= 11 is 0.